The predicted octanol–water partition coefficient (Wildman–Crippen LogP) is 3.48. The molecule has 0 aliphatic heterocycles. The smallest absolute Gasteiger partial charge is 0.342 e. The Hall–Kier alpha value is -0.123. The maximum atomic E-state index is 5.98. The number of hydrogen-bond donors (Lipinski definition) is 0. The molecule has 0 unspecified atom stereocenters. The molecular weight excluding hydrogens is 192 g/mol. The lowest BCUT2D eigenvalue weighted by molar-refractivity contribution is 0.107. The average Bonchev–Trinajstić information content (AvgIpc) is 2.02. The summed E-state index contributed by atoms with van der Waals surface area (Å²) in [4.78, 5) is 0. The lowest BCUT2D eigenvalue weighted by atomic mass is 10.5. The maximum absolute atomic E-state index is 5.98. The maximum Gasteiger partial charge on any atom is 0.342 e. The molecule has 84 valence electrons. The Morgan fingerprint density at radius 2 is 1.57 bits per heavy atom. The average molecular weight is 216 g/mol. The first-order valence-corrected chi connectivity index (χ1v) is 7.65. The van der Waals surface area contributed by atoms with E-state index < -0.39 is 8.56 Å². The molecule has 0 radical (unpaired) electrons. The molecule has 0 bridgehead atoms. The Morgan fingerprint density at radius 1 is 1.14 bits per heavy atom. The minimum Gasteiger partial charge on any atom is -0.392 e. The van der Waals surface area contributed by atoms with Crippen LogP contribution in [-0.2, 0) is 8.85 Å². The molecule has 0 rings (SSSR count). The SMILES string of the molecule is C=CC[Si](CC)(OC(C)C)OC(C)C. The Balaban J connectivity index is 4.49. The van der Waals surface area contributed by atoms with E-state index in [2.05, 4.69) is 41.2 Å². The van der Waals surface area contributed by atoms with Gasteiger partial charge in [0, 0.05) is 18.3 Å². The van der Waals surface area contributed by atoms with Crippen LogP contribution in [0.2, 0.25) is 12.1 Å². The fourth-order valence-electron chi connectivity index (χ4n) is 1.51. The molecule has 0 aliphatic carbocycles. The molecule has 14 heavy (non-hydrogen) atoms. The van der Waals surface area contributed by atoms with Crippen molar-refractivity contribution in [2.75, 3.05) is 0 Å². The van der Waals surface area contributed by atoms with Crippen LogP contribution in [0, 0.1) is 0 Å². The van der Waals surface area contributed by atoms with Crippen LogP contribution in [0.1, 0.15) is 34.6 Å². The highest BCUT2D eigenvalue weighted by atomic mass is 28.4. The summed E-state index contributed by atoms with van der Waals surface area (Å²) < 4.78 is 12.0. The van der Waals surface area contributed by atoms with Crippen molar-refractivity contribution in [3.8, 4) is 0 Å². The Bertz CT molecular complexity index is 157. The van der Waals surface area contributed by atoms with Gasteiger partial charge in [-0.1, -0.05) is 13.0 Å². The molecule has 0 atom stereocenters. The summed E-state index contributed by atoms with van der Waals surface area (Å²) in [6.45, 7) is 14.2. The molecule has 0 fully saturated rings. The van der Waals surface area contributed by atoms with Crippen LogP contribution in [0.3, 0.4) is 0 Å². The van der Waals surface area contributed by atoms with Crippen molar-refractivity contribution in [1.29, 1.82) is 0 Å². The van der Waals surface area contributed by atoms with E-state index in [-0.39, 0.29) is 12.2 Å². The zero-order valence-corrected chi connectivity index (χ0v) is 11.2. The van der Waals surface area contributed by atoms with Crippen molar-refractivity contribution in [3.63, 3.8) is 0 Å². The van der Waals surface area contributed by atoms with Gasteiger partial charge >= 0.3 is 8.56 Å². The summed E-state index contributed by atoms with van der Waals surface area (Å²) in [6, 6.07) is 1.86. The second-order valence-corrected chi connectivity index (χ2v) is 7.50. The quantitative estimate of drug-likeness (QED) is 0.479. The van der Waals surface area contributed by atoms with Crippen molar-refractivity contribution in [1.82, 2.24) is 0 Å². The molecule has 0 amide bonds. The molecule has 0 heterocycles. The van der Waals surface area contributed by atoms with Crippen LogP contribution in [-0.4, -0.2) is 20.8 Å². The van der Waals surface area contributed by atoms with Crippen LogP contribution < -0.4 is 0 Å². The van der Waals surface area contributed by atoms with Gasteiger partial charge in [-0.25, -0.2) is 0 Å². The fourth-order valence-corrected chi connectivity index (χ4v) is 4.54. The highest BCUT2D eigenvalue weighted by molar-refractivity contribution is 6.67. The van der Waals surface area contributed by atoms with Gasteiger partial charge in [-0.2, -0.15) is 0 Å². The normalized spacial score (nSPS) is 12.5. The summed E-state index contributed by atoms with van der Waals surface area (Å²) >= 11 is 0. The van der Waals surface area contributed by atoms with E-state index in [1.807, 2.05) is 6.08 Å². The Labute approximate surface area is 89.6 Å². The van der Waals surface area contributed by atoms with Crippen molar-refractivity contribution in [2.45, 2.75) is 58.9 Å². The van der Waals surface area contributed by atoms with Crippen molar-refractivity contribution in [3.05, 3.63) is 12.7 Å². The minimum atomic E-state index is -2.01. The zero-order chi connectivity index (χ0) is 11.2. The van der Waals surface area contributed by atoms with Gasteiger partial charge in [0.1, 0.15) is 0 Å². The molecule has 0 spiro atoms. The highest BCUT2D eigenvalue weighted by Gasteiger charge is 2.36. The third kappa shape index (κ3) is 4.93. The van der Waals surface area contributed by atoms with Crippen LogP contribution in [0.4, 0.5) is 0 Å². The molecule has 3 heteroatoms. The highest BCUT2D eigenvalue weighted by Crippen LogP contribution is 2.22. The van der Waals surface area contributed by atoms with Gasteiger partial charge in [-0.3, -0.25) is 0 Å². The van der Waals surface area contributed by atoms with E-state index in [1.165, 1.54) is 0 Å². The fraction of sp³-hybridized carbons (Fsp3) is 0.818. The predicted molar refractivity (Wildman–Crippen MR) is 63.7 cm³/mol. The number of allylic oxidation sites excluding steroid dienone is 1. The molecular formula is C11H24O2Si. The molecule has 0 aromatic heterocycles. The van der Waals surface area contributed by atoms with Crippen LogP contribution in [0.15, 0.2) is 12.7 Å². The van der Waals surface area contributed by atoms with Gasteiger partial charge in [0.15, 0.2) is 0 Å². The van der Waals surface area contributed by atoms with E-state index in [9.17, 15) is 0 Å². The van der Waals surface area contributed by atoms with Crippen LogP contribution >= 0.6 is 0 Å². The van der Waals surface area contributed by atoms with E-state index in [4.69, 9.17) is 8.85 Å². The summed E-state index contributed by atoms with van der Waals surface area (Å²) in [7, 11) is -2.01. The number of rotatable bonds is 7. The summed E-state index contributed by atoms with van der Waals surface area (Å²) in [5.74, 6) is 0. The second kappa shape index (κ2) is 6.38. The standard InChI is InChI=1S/C11H24O2Si/c1-7-9-14(8-2,12-10(3)4)13-11(5)6/h7,10-11H,1,8-9H2,2-6H3. The molecule has 0 saturated heterocycles. The van der Waals surface area contributed by atoms with E-state index >= 15 is 0 Å². The zero-order valence-electron chi connectivity index (χ0n) is 10.2. The first-order valence-electron chi connectivity index (χ1n) is 5.42. The minimum absolute atomic E-state index is 0.236. The molecule has 0 aromatic carbocycles. The van der Waals surface area contributed by atoms with Gasteiger partial charge < -0.3 is 8.85 Å². The summed E-state index contributed by atoms with van der Waals surface area (Å²) in [6.07, 6.45) is 2.39. The van der Waals surface area contributed by atoms with Crippen LogP contribution in [0.5, 0.6) is 0 Å². The van der Waals surface area contributed by atoms with Crippen LogP contribution in [0.25, 0.3) is 0 Å². The van der Waals surface area contributed by atoms with Gasteiger partial charge in [0.05, 0.1) is 0 Å². The molecule has 0 aromatic rings. The molecule has 0 N–H and O–H groups in total. The van der Waals surface area contributed by atoms with E-state index in [0.29, 0.717) is 0 Å². The molecule has 2 nitrogen and oxygen atoms in total. The topological polar surface area (TPSA) is 18.5 Å². The summed E-state index contributed by atoms with van der Waals surface area (Å²) in [5.41, 5.74) is 0. The summed E-state index contributed by atoms with van der Waals surface area (Å²) in [5, 5.41) is 0. The molecule has 0 saturated carbocycles. The second-order valence-electron chi connectivity index (χ2n) is 4.09. The first-order chi connectivity index (χ1) is 6.45. The Morgan fingerprint density at radius 3 is 1.79 bits per heavy atom. The lowest BCUT2D eigenvalue weighted by Crippen LogP contribution is -2.44. The number of hydrogen-bond acceptors (Lipinski definition) is 2. The third-order valence-corrected chi connectivity index (χ3v) is 5.68. The third-order valence-electron chi connectivity index (χ3n) is 1.89. The Kier molecular flexibility index (Phi) is 6.32. The first kappa shape index (κ1) is 13.9. The van der Waals surface area contributed by atoms with E-state index in [0.717, 1.165) is 12.1 Å². The molecule has 0 aliphatic rings. The van der Waals surface area contributed by atoms with Gasteiger partial charge in [-0.15, -0.1) is 6.58 Å². The van der Waals surface area contributed by atoms with E-state index in [1.54, 1.807) is 0 Å². The van der Waals surface area contributed by atoms with Crippen molar-refractivity contribution >= 4 is 8.56 Å². The van der Waals surface area contributed by atoms with Gasteiger partial charge in [0.25, 0.3) is 0 Å². The van der Waals surface area contributed by atoms with Gasteiger partial charge in [-0.05, 0) is 33.7 Å². The van der Waals surface area contributed by atoms with Crippen molar-refractivity contribution in [2.24, 2.45) is 0 Å². The lowest BCUT2D eigenvalue weighted by Gasteiger charge is -2.32. The monoisotopic (exact) mass is 216 g/mol. The van der Waals surface area contributed by atoms with Gasteiger partial charge in [0.2, 0.25) is 0 Å². The van der Waals surface area contributed by atoms with Crippen molar-refractivity contribution < 1.29 is 8.85 Å². The largest absolute Gasteiger partial charge is 0.392 e.